The Morgan fingerprint density at radius 2 is 1.59 bits per heavy atom. The Morgan fingerprint density at radius 1 is 0.875 bits per heavy atom. The largest absolute Gasteiger partial charge is 0.298 e. The van der Waals surface area contributed by atoms with Crippen LogP contribution in [0.3, 0.4) is 0 Å². The van der Waals surface area contributed by atoms with E-state index in [-0.39, 0.29) is 6.04 Å². The van der Waals surface area contributed by atoms with Crippen molar-refractivity contribution in [3.8, 4) is 0 Å². The van der Waals surface area contributed by atoms with Crippen LogP contribution in [0.15, 0.2) is 54.6 Å². The fraction of sp³-hybridized carbons (Fsp3) is 0.500. The predicted molar refractivity (Wildman–Crippen MR) is 126 cm³/mol. The standard InChI is InChI=1S/C26H34N6/c1-21-12-14-23(15-13-21)25(26-27-28-29-32(26)20-22-8-4-2-5-9-22)31-18-16-30(17-19-31)24-10-6-3-7-11-24/h2,4-5,8-9,12-15,24-25H,3,6-7,10-11,16-20H2,1H3. The summed E-state index contributed by atoms with van der Waals surface area (Å²) in [4.78, 5) is 5.31. The molecule has 1 atom stereocenters. The van der Waals surface area contributed by atoms with Gasteiger partial charge in [-0.05, 0) is 41.3 Å². The van der Waals surface area contributed by atoms with Crippen LogP contribution in [0.5, 0.6) is 0 Å². The van der Waals surface area contributed by atoms with Crippen molar-refractivity contribution in [2.75, 3.05) is 26.2 Å². The van der Waals surface area contributed by atoms with Gasteiger partial charge in [0.2, 0.25) is 0 Å². The van der Waals surface area contributed by atoms with E-state index in [0.717, 1.165) is 38.0 Å². The number of piperazine rings is 1. The minimum Gasteiger partial charge on any atom is -0.298 e. The Hall–Kier alpha value is -2.57. The van der Waals surface area contributed by atoms with Crippen LogP contribution >= 0.6 is 0 Å². The van der Waals surface area contributed by atoms with Crippen molar-refractivity contribution in [2.45, 2.75) is 57.7 Å². The second-order valence-corrected chi connectivity index (χ2v) is 9.36. The zero-order chi connectivity index (χ0) is 21.8. The molecule has 32 heavy (non-hydrogen) atoms. The first-order chi connectivity index (χ1) is 15.8. The Kier molecular flexibility index (Phi) is 6.60. The molecule has 1 aliphatic carbocycles. The van der Waals surface area contributed by atoms with Gasteiger partial charge in [-0.2, -0.15) is 0 Å². The van der Waals surface area contributed by atoms with Crippen molar-refractivity contribution in [3.05, 3.63) is 77.1 Å². The lowest BCUT2D eigenvalue weighted by Gasteiger charge is -2.43. The molecule has 3 aromatic rings. The van der Waals surface area contributed by atoms with Gasteiger partial charge in [0.05, 0.1) is 12.6 Å². The average molecular weight is 431 g/mol. The van der Waals surface area contributed by atoms with Crippen LogP contribution < -0.4 is 0 Å². The molecule has 6 nitrogen and oxygen atoms in total. The molecular formula is C26H34N6. The summed E-state index contributed by atoms with van der Waals surface area (Å²) in [5.74, 6) is 0.934. The van der Waals surface area contributed by atoms with Gasteiger partial charge in [0.15, 0.2) is 5.82 Å². The second-order valence-electron chi connectivity index (χ2n) is 9.36. The Bertz CT molecular complexity index is 969. The van der Waals surface area contributed by atoms with Gasteiger partial charge >= 0.3 is 0 Å². The molecule has 1 aromatic heterocycles. The SMILES string of the molecule is Cc1ccc(C(c2nnnn2Cc2ccccc2)N2CCN(C3CCCCC3)CC2)cc1. The summed E-state index contributed by atoms with van der Waals surface area (Å²) in [5, 5.41) is 13.0. The minimum atomic E-state index is 0.0721. The highest BCUT2D eigenvalue weighted by atomic mass is 15.6. The number of aromatic nitrogens is 4. The maximum absolute atomic E-state index is 4.54. The molecule has 2 aliphatic rings. The molecule has 6 heteroatoms. The average Bonchev–Trinajstić information content (AvgIpc) is 3.30. The van der Waals surface area contributed by atoms with Crippen LogP contribution in [0.2, 0.25) is 0 Å². The molecule has 1 saturated carbocycles. The van der Waals surface area contributed by atoms with Crippen LogP contribution in [-0.2, 0) is 6.54 Å². The van der Waals surface area contributed by atoms with E-state index in [1.165, 1.54) is 48.8 Å². The molecule has 0 amide bonds. The van der Waals surface area contributed by atoms with Gasteiger partial charge in [-0.1, -0.05) is 79.4 Å². The third kappa shape index (κ3) is 4.76. The molecule has 168 valence electrons. The predicted octanol–water partition coefficient (Wildman–Crippen LogP) is 4.07. The minimum absolute atomic E-state index is 0.0721. The molecule has 0 radical (unpaired) electrons. The second kappa shape index (κ2) is 9.92. The highest BCUT2D eigenvalue weighted by Crippen LogP contribution is 2.30. The molecule has 0 N–H and O–H groups in total. The van der Waals surface area contributed by atoms with E-state index in [4.69, 9.17) is 0 Å². The summed E-state index contributed by atoms with van der Waals surface area (Å²) in [7, 11) is 0. The zero-order valence-electron chi connectivity index (χ0n) is 19.1. The highest BCUT2D eigenvalue weighted by molar-refractivity contribution is 5.29. The van der Waals surface area contributed by atoms with E-state index in [1.807, 2.05) is 10.7 Å². The number of nitrogens with zero attached hydrogens (tertiary/aromatic N) is 6. The van der Waals surface area contributed by atoms with Gasteiger partial charge in [0, 0.05) is 32.2 Å². The third-order valence-electron chi connectivity index (χ3n) is 7.18. The summed E-state index contributed by atoms with van der Waals surface area (Å²) >= 11 is 0. The Balaban J connectivity index is 1.39. The van der Waals surface area contributed by atoms with Crippen LogP contribution in [-0.4, -0.2) is 62.2 Å². The number of tetrazole rings is 1. The van der Waals surface area contributed by atoms with E-state index in [2.05, 4.69) is 80.8 Å². The quantitative estimate of drug-likeness (QED) is 0.590. The smallest absolute Gasteiger partial charge is 0.173 e. The number of aryl methyl sites for hydroxylation is 1. The highest BCUT2D eigenvalue weighted by Gasteiger charge is 2.32. The van der Waals surface area contributed by atoms with Gasteiger partial charge in [-0.15, -0.1) is 5.10 Å². The van der Waals surface area contributed by atoms with Gasteiger partial charge in [0.1, 0.15) is 0 Å². The summed E-state index contributed by atoms with van der Waals surface area (Å²) < 4.78 is 1.98. The fourth-order valence-corrected chi connectivity index (χ4v) is 5.36. The third-order valence-corrected chi connectivity index (χ3v) is 7.18. The van der Waals surface area contributed by atoms with Crippen molar-refractivity contribution in [2.24, 2.45) is 0 Å². The molecular weight excluding hydrogens is 396 g/mol. The summed E-state index contributed by atoms with van der Waals surface area (Å²) in [6.45, 7) is 7.19. The van der Waals surface area contributed by atoms with Gasteiger partial charge in [-0.3, -0.25) is 9.80 Å². The summed E-state index contributed by atoms with van der Waals surface area (Å²) in [6, 6.07) is 20.2. The molecule has 2 heterocycles. The molecule has 1 unspecified atom stereocenters. The van der Waals surface area contributed by atoms with E-state index >= 15 is 0 Å². The molecule has 1 aliphatic heterocycles. The van der Waals surface area contributed by atoms with Crippen LogP contribution in [0.25, 0.3) is 0 Å². The van der Waals surface area contributed by atoms with Crippen molar-refractivity contribution >= 4 is 0 Å². The van der Waals surface area contributed by atoms with Gasteiger partial charge < -0.3 is 0 Å². The number of rotatable bonds is 6. The first kappa shape index (κ1) is 21.3. The summed E-state index contributed by atoms with van der Waals surface area (Å²) in [6.07, 6.45) is 6.94. The monoisotopic (exact) mass is 430 g/mol. The molecule has 0 bridgehead atoms. The summed E-state index contributed by atoms with van der Waals surface area (Å²) in [5.41, 5.74) is 3.76. The number of hydrogen-bond acceptors (Lipinski definition) is 5. The molecule has 5 rings (SSSR count). The molecule has 1 saturated heterocycles. The molecule has 0 spiro atoms. The first-order valence-electron chi connectivity index (χ1n) is 12.1. The lowest BCUT2D eigenvalue weighted by Crippen LogP contribution is -2.52. The van der Waals surface area contributed by atoms with Gasteiger partial charge in [-0.25, -0.2) is 4.68 Å². The van der Waals surface area contributed by atoms with Crippen LogP contribution in [0, 0.1) is 6.92 Å². The van der Waals surface area contributed by atoms with Gasteiger partial charge in [0.25, 0.3) is 0 Å². The Labute approximate surface area is 191 Å². The van der Waals surface area contributed by atoms with Crippen LogP contribution in [0.1, 0.15) is 60.7 Å². The lowest BCUT2D eigenvalue weighted by molar-refractivity contribution is 0.0620. The van der Waals surface area contributed by atoms with Crippen molar-refractivity contribution in [1.82, 2.24) is 30.0 Å². The van der Waals surface area contributed by atoms with E-state index in [9.17, 15) is 0 Å². The lowest BCUT2D eigenvalue weighted by atomic mass is 9.93. The fourth-order valence-electron chi connectivity index (χ4n) is 5.36. The maximum Gasteiger partial charge on any atom is 0.173 e. The topological polar surface area (TPSA) is 50.1 Å². The molecule has 2 aromatic carbocycles. The van der Waals surface area contributed by atoms with E-state index < -0.39 is 0 Å². The normalized spacial score (nSPS) is 19.8. The zero-order valence-corrected chi connectivity index (χ0v) is 19.1. The van der Waals surface area contributed by atoms with E-state index in [0.29, 0.717) is 6.54 Å². The maximum atomic E-state index is 4.54. The first-order valence-corrected chi connectivity index (χ1v) is 12.1. The van der Waals surface area contributed by atoms with Crippen molar-refractivity contribution in [3.63, 3.8) is 0 Å². The number of hydrogen-bond donors (Lipinski definition) is 0. The van der Waals surface area contributed by atoms with Crippen LogP contribution in [0.4, 0.5) is 0 Å². The van der Waals surface area contributed by atoms with Crippen molar-refractivity contribution < 1.29 is 0 Å². The number of benzene rings is 2. The van der Waals surface area contributed by atoms with E-state index in [1.54, 1.807) is 0 Å². The van der Waals surface area contributed by atoms with Crippen molar-refractivity contribution in [1.29, 1.82) is 0 Å². The Morgan fingerprint density at radius 3 is 2.31 bits per heavy atom. The molecule has 2 fully saturated rings.